The first-order valence-electron chi connectivity index (χ1n) is 11.6. The highest BCUT2D eigenvalue weighted by Gasteiger charge is 2.42. The van der Waals surface area contributed by atoms with Crippen LogP contribution in [-0.2, 0) is 28.5 Å². The van der Waals surface area contributed by atoms with Gasteiger partial charge in [-0.3, -0.25) is 4.79 Å². The van der Waals surface area contributed by atoms with E-state index in [0.29, 0.717) is 26.1 Å². The van der Waals surface area contributed by atoms with Crippen molar-refractivity contribution in [3.8, 4) is 0 Å². The van der Waals surface area contributed by atoms with E-state index in [-0.39, 0.29) is 24.8 Å². The Morgan fingerprint density at radius 3 is 2.41 bits per heavy atom. The second-order valence-electron chi connectivity index (χ2n) is 8.67. The molecule has 0 radical (unpaired) electrons. The molecule has 2 fully saturated rings. The molecule has 2 aliphatic rings. The summed E-state index contributed by atoms with van der Waals surface area (Å²) >= 11 is 0. The number of ether oxygens (including phenoxy) is 5. The Kier molecular flexibility index (Phi) is 12.5. The van der Waals surface area contributed by atoms with Gasteiger partial charge in [0.2, 0.25) is 0 Å². The average Bonchev–Trinajstić information content (AvgIpc) is 3.12. The molecule has 2 rings (SSSR count). The highest BCUT2D eigenvalue weighted by atomic mass is 16.7. The third-order valence-corrected chi connectivity index (χ3v) is 6.02. The van der Waals surface area contributed by atoms with Crippen LogP contribution in [0.2, 0.25) is 0 Å². The van der Waals surface area contributed by atoms with Crippen LogP contribution < -0.4 is 0 Å². The van der Waals surface area contributed by atoms with Crippen LogP contribution in [0.1, 0.15) is 51.9 Å². The molecule has 2 heterocycles. The molecule has 10 heteroatoms. The van der Waals surface area contributed by atoms with Gasteiger partial charge >= 0.3 is 0 Å². The van der Waals surface area contributed by atoms with Gasteiger partial charge in [-0.15, -0.1) is 0 Å². The van der Waals surface area contributed by atoms with Crippen molar-refractivity contribution in [1.82, 2.24) is 0 Å². The number of carbonyl (C=O) groups is 1. The normalized spacial score (nSPS) is 35.3. The summed E-state index contributed by atoms with van der Waals surface area (Å²) in [6.45, 7) is 2.03. The lowest BCUT2D eigenvalue weighted by atomic mass is 9.92. The molecule has 188 valence electrons. The molecule has 32 heavy (non-hydrogen) atoms. The third kappa shape index (κ3) is 8.58. The number of aliphatic hydroxyl groups is 4. The minimum atomic E-state index is -1.18. The first-order chi connectivity index (χ1) is 15.4. The van der Waals surface area contributed by atoms with Gasteiger partial charge < -0.3 is 44.1 Å². The Hall–Kier alpha value is -0.690. The fourth-order valence-corrected chi connectivity index (χ4v) is 3.94. The minimum absolute atomic E-state index is 0.0483. The first kappa shape index (κ1) is 27.6. The van der Waals surface area contributed by atoms with Crippen LogP contribution >= 0.6 is 0 Å². The number of aliphatic hydroxyl groups excluding tert-OH is 4. The lowest BCUT2D eigenvalue weighted by molar-refractivity contribution is -0.280. The molecular formula is C22H40O10. The van der Waals surface area contributed by atoms with E-state index >= 15 is 0 Å². The molecule has 4 N–H and O–H groups in total. The molecular weight excluding hydrogens is 424 g/mol. The van der Waals surface area contributed by atoms with Gasteiger partial charge in [-0.05, 0) is 12.8 Å². The van der Waals surface area contributed by atoms with Crippen molar-refractivity contribution in [2.75, 3.05) is 33.5 Å². The zero-order valence-corrected chi connectivity index (χ0v) is 19.1. The summed E-state index contributed by atoms with van der Waals surface area (Å²) in [4.78, 5) is 12.1. The van der Waals surface area contributed by atoms with Crippen LogP contribution in [0.4, 0.5) is 0 Å². The number of rotatable bonds is 15. The molecule has 0 aromatic rings. The highest BCUT2D eigenvalue weighted by Crippen LogP contribution is 2.26. The van der Waals surface area contributed by atoms with Crippen molar-refractivity contribution < 1.29 is 48.9 Å². The number of hydrogen-bond donors (Lipinski definition) is 4. The van der Waals surface area contributed by atoms with Crippen LogP contribution in [-0.4, -0.2) is 103 Å². The highest BCUT2D eigenvalue weighted by molar-refractivity contribution is 5.79. The largest absolute Gasteiger partial charge is 0.394 e. The van der Waals surface area contributed by atoms with E-state index in [1.807, 2.05) is 0 Å². The molecule has 0 bridgehead atoms. The van der Waals surface area contributed by atoms with E-state index in [0.717, 1.165) is 32.1 Å². The monoisotopic (exact) mass is 464 g/mol. The van der Waals surface area contributed by atoms with Crippen LogP contribution in [0.25, 0.3) is 0 Å². The molecule has 0 spiro atoms. The number of methoxy groups -OCH3 is 1. The van der Waals surface area contributed by atoms with Crippen molar-refractivity contribution in [2.45, 2.75) is 95.0 Å². The number of Topliss-reactive ketones (excluding diaryl/α,β-unsaturated/α-hetero) is 1. The van der Waals surface area contributed by atoms with Crippen LogP contribution in [0.3, 0.4) is 0 Å². The van der Waals surface area contributed by atoms with Crippen molar-refractivity contribution in [3.63, 3.8) is 0 Å². The molecule has 0 saturated carbocycles. The number of ketones is 1. The van der Waals surface area contributed by atoms with E-state index in [9.17, 15) is 25.2 Å². The molecule has 10 nitrogen and oxygen atoms in total. The lowest BCUT2D eigenvalue weighted by Crippen LogP contribution is -2.55. The molecule has 0 amide bonds. The van der Waals surface area contributed by atoms with Crippen LogP contribution in [0.15, 0.2) is 0 Å². The van der Waals surface area contributed by atoms with E-state index in [2.05, 4.69) is 0 Å². The quantitative estimate of drug-likeness (QED) is 0.247. The Labute approximate surface area is 189 Å². The van der Waals surface area contributed by atoms with E-state index in [4.69, 9.17) is 23.7 Å². The molecule has 2 aliphatic heterocycles. The number of carbonyl (C=O) groups excluding carboxylic acids is 1. The van der Waals surface area contributed by atoms with Gasteiger partial charge in [-0.25, -0.2) is 0 Å². The second kappa shape index (κ2) is 14.5. The predicted octanol–water partition coefficient (Wildman–Crippen LogP) is 0.127. The zero-order chi connectivity index (χ0) is 23.5. The summed E-state index contributed by atoms with van der Waals surface area (Å²) in [7, 11) is 1.57. The van der Waals surface area contributed by atoms with E-state index in [1.54, 1.807) is 14.0 Å². The zero-order valence-electron chi connectivity index (χ0n) is 19.1. The Morgan fingerprint density at radius 2 is 1.69 bits per heavy atom. The summed E-state index contributed by atoms with van der Waals surface area (Å²) in [6, 6.07) is 0. The predicted molar refractivity (Wildman–Crippen MR) is 113 cm³/mol. The van der Waals surface area contributed by atoms with Gasteiger partial charge in [0.05, 0.1) is 25.4 Å². The number of unbranched alkanes of at least 4 members (excludes halogenated alkanes) is 4. The fraction of sp³-hybridized carbons (Fsp3) is 0.955. The molecule has 0 aromatic heterocycles. The summed E-state index contributed by atoms with van der Waals surface area (Å²) in [5, 5.41) is 38.9. The summed E-state index contributed by atoms with van der Waals surface area (Å²) < 4.78 is 27.2. The Morgan fingerprint density at radius 1 is 0.969 bits per heavy atom. The summed E-state index contributed by atoms with van der Waals surface area (Å²) in [6.07, 6.45) is 0.124. The molecule has 3 unspecified atom stereocenters. The summed E-state index contributed by atoms with van der Waals surface area (Å²) in [5.74, 6) is -0.556. The maximum atomic E-state index is 12.1. The van der Waals surface area contributed by atoms with E-state index < -0.39 is 43.2 Å². The van der Waals surface area contributed by atoms with Crippen LogP contribution in [0, 0.1) is 5.92 Å². The average molecular weight is 465 g/mol. The molecule has 2 saturated heterocycles. The fourth-order valence-electron chi connectivity index (χ4n) is 3.94. The number of hydrogen-bond acceptors (Lipinski definition) is 10. The van der Waals surface area contributed by atoms with Gasteiger partial charge in [0, 0.05) is 32.5 Å². The summed E-state index contributed by atoms with van der Waals surface area (Å²) in [5.41, 5.74) is 0. The van der Waals surface area contributed by atoms with Gasteiger partial charge in [-0.2, -0.15) is 0 Å². The van der Waals surface area contributed by atoms with Crippen molar-refractivity contribution in [2.24, 2.45) is 5.92 Å². The van der Waals surface area contributed by atoms with E-state index in [1.165, 1.54) is 0 Å². The topological polar surface area (TPSA) is 144 Å². The van der Waals surface area contributed by atoms with Gasteiger partial charge in [0.1, 0.15) is 24.9 Å². The lowest BCUT2D eigenvalue weighted by Gasteiger charge is -2.40. The maximum absolute atomic E-state index is 12.1. The third-order valence-electron chi connectivity index (χ3n) is 6.02. The minimum Gasteiger partial charge on any atom is -0.394 e. The Bertz CT molecular complexity index is 531. The van der Waals surface area contributed by atoms with Gasteiger partial charge in [0.15, 0.2) is 18.4 Å². The second-order valence-corrected chi connectivity index (χ2v) is 8.67. The van der Waals surface area contributed by atoms with Crippen molar-refractivity contribution >= 4 is 5.78 Å². The molecule has 0 aromatic carbocycles. The van der Waals surface area contributed by atoms with Crippen molar-refractivity contribution in [3.05, 3.63) is 0 Å². The molecule has 8 atom stereocenters. The first-order valence-corrected chi connectivity index (χ1v) is 11.6. The van der Waals surface area contributed by atoms with Gasteiger partial charge in [0.25, 0.3) is 0 Å². The van der Waals surface area contributed by atoms with Gasteiger partial charge in [-0.1, -0.05) is 26.2 Å². The Balaban J connectivity index is 1.47. The SMILES string of the molecule is COC[C@H]1O[C@H](OCCCCCCCC(=O)CO[C@@H]2OC(CO)[C@H](O)[C@H](O)C2C)CC1O. The van der Waals surface area contributed by atoms with Crippen molar-refractivity contribution in [1.29, 1.82) is 0 Å². The molecule has 0 aliphatic carbocycles. The maximum Gasteiger partial charge on any atom is 0.163 e. The smallest absolute Gasteiger partial charge is 0.163 e. The standard InChI is InChI=1S/C22H40O10/c1-14-20(26)21(27)17(11-23)32-22(14)30-12-15(24)8-6-4-3-5-7-9-29-19-10-16(25)18(31-19)13-28-2/h14,16-23,25-27H,3-13H2,1-2H3/t14?,16?,17?,18-,19+,20-,21+,22-/m1/s1. The van der Waals surface area contributed by atoms with Crippen LogP contribution in [0.5, 0.6) is 0 Å².